The van der Waals surface area contributed by atoms with Gasteiger partial charge in [-0.15, -0.1) is 0 Å². The van der Waals surface area contributed by atoms with Gasteiger partial charge >= 0.3 is 0 Å². The smallest absolute Gasteiger partial charge is 0.262 e. The number of carbonyl (C=O) groups excluding carboxylic acids is 1. The van der Waals surface area contributed by atoms with E-state index < -0.39 is 10.0 Å². The van der Waals surface area contributed by atoms with Gasteiger partial charge in [0, 0.05) is 25.3 Å². The van der Waals surface area contributed by atoms with Gasteiger partial charge in [-0.25, -0.2) is 12.7 Å². The summed E-state index contributed by atoms with van der Waals surface area (Å²) in [6, 6.07) is 22.1. The Kier molecular flexibility index (Phi) is 6.54. The molecule has 3 aromatic rings. The Bertz CT molecular complexity index is 1140. The summed E-state index contributed by atoms with van der Waals surface area (Å²) in [7, 11) is -0.666. The summed E-state index contributed by atoms with van der Waals surface area (Å²) in [5, 5.41) is 2.70. The highest BCUT2D eigenvalue weighted by atomic mass is 32.2. The number of nitrogens with one attached hydrogen (secondary N) is 1. The van der Waals surface area contributed by atoms with Gasteiger partial charge in [-0.2, -0.15) is 0 Å². The quantitative estimate of drug-likeness (QED) is 0.624. The molecule has 3 rings (SSSR count). The van der Waals surface area contributed by atoms with Crippen molar-refractivity contribution in [3.8, 4) is 16.9 Å². The van der Waals surface area contributed by atoms with Crippen LogP contribution in [0.4, 0.5) is 5.69 Å². The number of sulfonamides is 1. The molecule has 0 unspecified atom stereocenters. The molecule has 0 heterocycles. The lowest BCUT2D eigenvalue weighted by Gasteiger charge is -2.15. The van der Waals surface area contributed by atoms with E-state index in [1.54, 1.807) is 19.1 Å². The van der Waals surface area contributed by atoms with Gasteiger partial charge < -0.3 is 10.1 Å². The summed E-state index contributed by atoms with van der Waals surface area (Å²) in [4.78, 5) is 12.6. The monoisotopic (exact) mass is 424 g/mol. The van der Waals surface area contributed by atoms with Gasteiger partial charge in [0.2, 0.25) is 10.0 Å². The van der Waals surface area contributed by atoms with E-state index in [2.05, 4.69) is 5.32 Å². The fourth-order valence-corrected chi connectivity index (χ4v) is 4.09. The third-order valence-electron chi connectivity index (χ3n) is 4.56. The van der Waals surface area contributed by atoms with Crippen molar-refractivity contribution < 1.29 is 17.9 Å². The summed E-state index contributed by atoms with van der Waals surface area (Å²) < 4.78 is 31.8. The average molecular weight is 425 g/mol. The Morgan fingerprint density at radius 1 is 0.967 bits per heavy atom. The molecule has 0 aliphatic heterocycles. The zero-order valence-electron chi connectivity index (χ0n) is 17.1. The number of anilines is 1. The summed E-state index contributed by atoms with van der Waals surface area (Å²) in [6.45, 7) is 1.51. The normalized spacial score (nSPS) is 11.3. The van der Waals surface area contributed by atoms with Crippen LogP contribution < -0.4 is 10.1 Å². The Morgan fingerprint density at radius 2 is 1.63 bits per heavy atom. The molecule has 3 aromatic carbocycles. The molecular weight excluding hydrogens is 400 g/mol. The Labute approximate surface area is 177 Å². The van der Waals surface area contributed by atoms with E-state index in [-0.39, 0.29) is 17.4 Å². The minimum atomic E-state index is -3.61. The first kappa shape index (κ1) is 21.5. The number of para-hydroxylation sites is 1. The molecule has 0 aliphatic rings. The van der Waals surface area contributed by atoms with E-state index >= 15 is 0 Å². The number of nitrogens with zero attached hydrogens (tertiary/aromatic N) is 1. The maximum atomic E-state index is 12.5. The van der Waals surface area contributed by atoms with E-state index in [1.807, 2.05) is 54.6 Å². The molecule has 0 atom stereocenters. The largest absolute Gasteiger partial charge is 0.483 e. The van der Waals surface area contributed by atoms with Crippen molar-refractivity contribution in [3.63, 3.8) is 0 Å². The summed E-state index contributed by atoms with van der Waals surface area (Å²) in [6.07, 6.45) is 0. The number of benzene rings is 3. The predicted octanol–water partition coefficient (Wildman–Crippen LogP) is 3.93. The highest BCUT2D eigenvalue weighted by Gasteiger charge is 2.20. The number of amides is 1. The van der Waals surface area contributed by atoms with Crippen molar-refractivity contribution in [2.24, 2.45) is 0 Å². The minimum absolute atomic E-state index is 0.153. The van der Waals surface area contributed by atoms with Crippen LogP contribution in [0.25, 0.3) is 11.1 Å². The van der Waals surface area contributed by atoms with Gasteiger partial charge in [0.25, 0.3) is 5.91 Å². The molecule has 156 valence electrons. The van der Waals surface area contributed by atoms with E-state index in [1.165, 1.54) is 20.2 Å². The van der Waals surface area contributed by atoms with Crippen LogP contribution >= 0.6 is 0 Å². The van der Waals surface area contributed by atoms with Crippen molar-refractivity contribution in [1.82, 2.24) is 4.31 Å². The molecule has 0 spiro atoms. The lowest BCUT2D eigenvalue weighted by atomic mass is 10.1. The number of rotatable bonds is 7. The van der Waals surface area contributed by atoms with Crippen molar-refractivity contribution in [2.75, 3.05) is 26.0 Å². The predicted molar refractivity (Wildman–Crippen MR) is 118 cm³/mol. The van der Waals surface area contributed by atoms with E-state index in [0.717, 1.165) is 15.4 Å². The highest BCUT2D eigenvalue weighted by molar-refractivity contribution is 7.89. The Morgan fingerprint density at radius 3 is 2.33 bits per heavy atom. The molecule has 1 amide bonds. The van der Waals surface area contributed by atoms with Crippen molar-refractivity contribution >= 4 is 21.6 Å². The second kappa shape index (κ2) is 9.11. The number of hydrogen-bond donors (Lipinski definition) is 1. The Balaban J connectivity index is 1.73. The molecule has 0 radical (unpaired) electrons. The molecule has 0 aromatic heterocycles. The van der Waals surface area contributed by atoms with Crippen molar-refractivity contribution in [3.05, 3.63) is 78.4 Å². The molecule has 0 fully saturated rings. The summed E-state index contributed by atoms with van der Waals surface area (Å²) in [5.41, 5.74) is 2.88. The number of hydrogen-bond acceptors (Lipinski definition) is 4. The van der Waals surface area contributed by atoms with Gasteiger partial charge in [0.1, 0.15) is 5.75 Å². The van der Waals surface area contributed by atoms with Gasteiger partial charge in [-0.3, -0.25) is 4.79 Å². The fraction of sp³-hybridized carbons (Fsp3) is 0.174. The van der Waals surface area contributed by atoms with Crippen LogP contribution in [-0.4, -0.2) is 39.3 Å². The summed E-state index contributed by atoms with van der Waals surface area (Å²) in [5.74, 6) is 0.216. The SMILES string of the molecule is Cc1ccc(NC(=O)COc2ccccc2-c2ccccc2)cc1S(=O)(=O)N(C)C. The van der Waals surface area contributed by atoms with Crippen LogP contribution in [0, 0.1) is 6.92 Å². The standard InChI is InChI=1S/C23H24N2O4S/c1-17-13-14-19(15-22(17)30(27,28)25(2)3)24-23(26)16-29-21-12-8-7-11-20(21)18-9-5-4-6-10-18/h4-15H,16H2,1-3H3,(H,24,26). The molecule has 0 bridgehead atoms. The van der Waals surface area contributed by atoms with Crippen molar-refractivity contribution in [1.29, 1.82) is 0 Å². The zero-order valence-corrected chi connectivity index (χ0v) is 17.9. The fourth-order valence-electron chi connectivity index (χ4n) is 2.94. The number of aryl methyl sites for hydroxylation is 1. The van der Waals surface area contributed by atoms with Gasteiger partial charge in [-0.1, -0.05) is 54.6 Å². The summed E-state index contributed by atoms with van der Waals surface area (Å²) >= 11 is 0. The zero-order chi connectivity index (χ0) is 21.7. The number of carbonyl (C=O) groups is 1. The first-order valence-corrected chi connectivity index (χ1v) is 10.8. The number of ether oxygens (including phenoxy) is 1. The van der Waals surface area contributed by atoms with E-state index in [4.69, 9.17) is 4.74 Å². The lowest BCUT2D eigenvalue weighted by Crippen LogP contribution is -2.24. The van der Waals surface area contributed by atoms with Gasteiger partial charge in [0.05, 0.1) is 4.90 Å². The molecule has 1 N–H and O–H groups in total. The molecule has 30 heavy (non-hydrogen) atoms. The maximum absolute atomic E-state index is 12.5. The molecule has 0 saturated heterocycles. The molecule has 7 heteroatoms. The van der Waals surface area contributed by atoms with Crippen LogP contribution in [0.2, 0.25) is 0 Å². The first-order valence-electron chi connectivity index (χ1n) is 9.39. The van der Waals surface area contributed by atoms with Crippen molar-refractivity contribution in [2.45, 2.75) is 11.8 Å². The highest BCUT2D eigenvalue weighted by Crippen LogP contribution is 2.29. The lowest BCUT2D eigenvalue weighted by molar-refractivity contribution is -0.118. The van der Waals surface area contributed by atoms with Crippen LogP contribution in [-0.2, 0) is 14.8 Å². The second-order valence-corrected chi connectivity index (χ2v) is 9.09. The van der Waals surface area contributed by atoms with Crippen LogP contribution in [0.5, 0.6) is 5.75 Å². The van der Waals surface area contributed by atoms with Crippen LogP contribution in [0.1, 0.15) is 5.56 Å². The third kappa shape index (κ3) is 4.87. The first-order chi connectivity index (χ1) is 14.3. The minimum Gasteiger partial charge on any atom is -0.483 e. The molecule has 0 saturated carbocycles. The van der Waals surface area contributed by atoms with Gasteiger partial charge in [-0.05, 0) is 36.2 Å². The van der Waals surface area contributed by atoms with E-state index in [0.29, 0.717) is 17.0 Å². The molecular formula is C23H24N2O4S. The van der Waals surface area contributed by atoms with Crippen LogP contribution in [0.15, 0.2) is 77.7 Å². The van der Waals surface area contributed by atoms with E-state index in [9.17, 15) is 13.2 Å². The molecule has 6 nitrogen and oxygen atoms in total. The average Bonchev–Trinajstić information content (AvgIpc) is 2.74. The maximum Gasteiger partial charge on any atom is 0.262 e. The third-order valence-corrected chi connectivity index (χ3v) is 6.52. The van der Waals surface area contributed by atoms with Gasteiger partial charge in [0.15, 0.2) is 6.61 Å². The Hall–Kier alpha value is -3.16. The van der Waals surface area contributed by atoms with Crippen LogP contribution in [0.3, 0.4) is 0 Å². The second-order valence-electron chi connectivity index (χ2n) is 6.97. The topological polar surface area (TPSA) is 75.7 Å². The molecule has 0 aliphatic carbocycles.